The highest BCUT2D eigenvalue weighted by Crippen LogP contribution is 2.31. The fraction of sp³-hybridized carbons (Fsp3) is 0.647. The van der Waals surface area contributed by atoms with Crippen LogP contribution in [0.15, 0.2) is 6.07 Å². The first-order valence-electron chi connectivity index (χ1n) is 8.01. The van der Waals surface area contributed by atoms with E-state index in [1.54, 1.807) is 0 Å². The standard InChI is InChI=1S/C17H23N3/c1-2-12-6-3-4-8-15(12)19-17-14(11-18)10-13-7-5-9-16(13)20-17/h10,12,15H,2-9H2,1H3,(H,19,20). The summed E-state index contributed by atoms with van der Waals surface area (Å²) in [6, 6.07) is 4.87. The number of nitriles is 1. The van der Waals surface area contributed by atoms with Gasteiger partial charge in [-0.15, -0.1) is 0 Å². The van der Waals surface area contributed by atoms with E-state index in [2.05, 4.69) is 24.4 Å². The zero-order valence-corrected chi connectivity index (χ0v) is 12.3. The minimum absolute atomic E-state index is 0.493. The highest BCUT2D eigenvalue weighted by atomic mass is 15.0. The molecule has 0 saturated heterocycles. The highest BCUT2D eigenvalue weighted by Gasteiger charge is 2.25. The molecule has 2 aliphatic carbocycles. The average Bonchev–Trinajstić information content (AvgIpc) is 2.94. The molecule has 2 atom stereocenters. The molecular formula is C17H23N3. The monoisotopic (exact) mass is 269 g/mol. The van der Waals surface area contributed by atoms with E-state index in [4.69, 9.17) is 4.98 Å². The van der Waals surface area contributed by atoms with Gasteiger partial charge in [-0.2, -0.15) is 5.26 Å². The number of aryl methyl sites for hydroxylation is 2. The maximum Gasteiger partial charge on any atom is 0.144 e. The van der Waals surface area contributed by atoms with Gasteiger partial charge >= 0.3 is 0 Å². The molecule has 106 valence electrons. The first kappa shape index (κ1) is 13.4. The number of pyridine rings is 1. The Hall–Kier alpha value is -1.56. The van der Waals surface area contributed by atoms with Crippen molar-refractivity contribution in [1.82, 2.24) is 4.98 Å². The van der Waals surface area contributed by atoms with Crippen LogP contribution in [-0.2, 0) is 12.8 Å². The summed E-state index contributed by atoms with van der Waals surface area (Å²) in [5.74, 6) is 1.56. The van der Waals surface area contributed by atoms with Gasteiger partial charge in [0.1, 0.15) is 11.9 Å². The van der Waals surface area contributed by atoms with Gasteiger partial charge in [-0.3, -0.25) is 0 Å². The van der Waals surface area contributed by atoms with Gasteiger partial charge in [-0.25, -0.2) is 4.98 Å². The van der Waals surface area contributed by atoms with Gasteiger partial charge in [0, 0.05) is 11.7 Å². The predicted molar refractivity (Wildman–Crippen MR) is 80.6 cm³/mol. The first-order chi connectivity index (χ1) is 9.81. The van der Waals surface area contributed by atoms with Gasteiger partial charge in [-0.05, 0) is 49.7 Å². The fourth-order valence-electron chi connectivity index (χ4n) is 3.73. The third-order valence-electron chi connectivity index (χ3n) is 4.93. The SMILES string of the molecule is CCC1CCCCC1Nc1nc2c(cc1C#N)CCC2. The molecule has 0 aliphatic heterocycles. The molecule has 0 bridgehead atoms. The molecular weight excluding hydrogens is 246 g/mol. The average molecular weight is 269 g/mol. The van der Waals surface area contributed by atoms with Crippen LogP contribution in [0.2, 0.25) is 0 Å². The van der Waals surface area contributed by atoms with Crippen molar-refractivity contribution in [2.45, 2.75) is 64.3 Å². The van der Waals surface area contributed by atoms with E-state index in [-0.39, 0.29) is 0 Å². The second-order valence-corrected chi connectivity index (χ2v) is 6.16. The summed E-state index contributed by atoms with van der Waals surface area (Å²) in [5.41, 5.74) is 3.21. The third kappa shape index (κ3) is 2.52. The highest BCUT2D eigenvalue weighted by molar-refractivity contribution is 5.55. The van der Waals surface area contributed by atoms with Crippen molar-refractivity contribution in [3.8, 4) is 6.07 Å². The summed E-state index contributed by atoms with van der Waals surface area (Å²) in [4.78, 5) is 4.75. The van der Waals surface area contributed by atoms with E-state index >= 15 is 0 Å². The van der Waals surface area contributed by atoms with Gasteiger partial charge in [0.2, 0.25) is 0 Å². The van der Waals surface area contributed by atoms with E-state index in [0.29, 0.717) is 6.04 Å². The maximum atomic E-state index is 9.37. The first-order valence-corrected chi connectivity index (χ1v) is 8.01. The Labute approximate surface area is 121 Å². The molecule has 1 saturated carbocycles. The molecule has 1 N–H and O–H groups in total. The number of hydrogen-bond acceptors (Lipinski definition) is 3. The summed E-state index contributed by atoms with van der Waals surface area (Å²) >= 11 is 0. The molecule has 0 aromatic carbocycles. The predicted octanol–water partition coefficient (Wildman–Crippen LogP) is 3.82. The molecule has 0 amide bonds. The number of nitrogens with zero attached hydrogens (tertiary/aromatic N) is 2. The summed E-state index contributed by atoms with van der Waals surface area (Å²) in [5, 5.41) is 13.0. The van der Waals surface area contributed by atoms with E-state index in [1.807, 2.05) is 0 Å². The van der Waals surface area contributed by atoms with Crippen molar-refractivity contribution in [1.29, 1.82) is 5.26 Å². The van der Waals surface area contributed by atoms with Crippen LogP contribution < -0.4 is 5.32 Å². The second kappa shape index (κ2) is 5.83. The molecule has 3 nitrogen and oxygen atoms in total. The number of rotatable bonds is 3. The summed E-state index contributed by atoms with van der Waals surface area (Å²) in [6.07, 6.45) is 9.70. The van der Waals surface area contributed by atoms with E-state index in [1.165, 1.54) is 49.8 Å². The minimum Gasteiger partial charge on any atom is -0.366 e. The molecule has 0 radical (unpaired) electrons. The summed E-state index contributed by atoms with van der Waals surface area (Å²) < 4.78 is 0. The minimum atomic E-state index is 0.493. The van der Waals surface area contributed by atoms with Crippen molar-refractivity contribution in [3.05, 3.63) is 22.9 Å². The van der Waals surface area contributed by atoms with Crippen molar-refractivity contribution in [2.24, 2.45) is 5.92 Å². The summed E-state index contributed by atoms with van der Waals surface area (Å²) in [6.45, 7) is 2.27. The van der Waals surface area contributed by atoms with Crippen molar-refractivity contribution < 1.29 is 0 Å². The zero-order chi connectivity index (χ0) is 13.9. The van der Waals surface area contributed by atoms with Gasteiger partial charge in [0.25, 0.3) is 0 Å². The quantitative estimate of drug-likeness (QED) is 0.907. The third-order valence-corrected chi connectivity index (χ3v) is 4.93. The van der Waals surface area contributed by atoms with Crippen LogP contribution in [0.5, 0.6) is 0 Å². The summed E-state index contributed by atoms with van der Waals surface area (Å²) in [7, 11) is 0. The Balaban J connectivity index is 1.84. The van der Waals surface area contributed by atoms with E-state index < -0.39 is 0 Å². The molecule has 20 heavy (non-hydrogen) atoms. The zero-order valence-electron chi connectivity index (χ0n) is 12.3. The molecule has 0 spiro atoms. The lowest BCUT2D eigenvalue weighted by atomic mass is 9.83. The largest absolute Gasteiger partial charge is 0.366 e. The fourth-order valence-corrected chi connectivity index (χ4v) is 3.73. The molecule has 1 fully saturated rings. The Morgan fingerprint density at radius 3 is 2.95 bits per heavy atom. The van der Waals surface area contributed by atoms with Crippen LogP contribution in [0, 0.1) is 17.2 Å². The Morgan fingerprint density at radius 1 is 1.30 bits per heavy atom. The molecule has 1 aromatic rings. The van der Waals surface area contributed by atoms with Crippen LogP contribution in [-0.4, -0.2) is 11.0 Å². The second-order valence-electron chi connectivity index (χ2n) is 6.16. The van der Waals surface area contributed by atoms with Gasteiger partial charge in [0.05, 0.1) is 5.56 Å². The Morgan fingerprint density at radius 2 is 2.15 bits per heavy atom. The number of anilines is 1. The molecule has 3 rings (SSSR count). The smallest absolute Gasteiger partial charge is 0.144 e. The van der Waals surface area contributed by atoms with E-state index in [0.717, 1.165) is 30.1 Å². The van der Waals surface area contributed by atoms with Gasteiger partial charge < -0.3 is 5.32 Å². The Bertz CT molecular complexity index is 530. The molecule has 1 heterocycles. The number of hydrogen-bond donors (Lipinski definition) is 1. The van der Waals surface area contributed by atoms with E-state index in [9.17, 15) is 5.26 Å². The molecule has 2 unspecified atom stereocenters. The van der Waals surface area contributed by atoms with Crippen LogP contribution >= 0.6 is 0 Å². The normalized spacial score (nSPS) is 25.0. The van der Waals surface area contributed by atoms with Crippen LogP contribution in [0.3, 0.4) is 0 Å². The number of fused-ring (bicyclic) bond motifs is 1. The van der Waals surface area contributed by atoms with Gasteiger partial charge in [-0.1, -0.05) is 26.2 Å². The molecule has 2 aliphatic rings. The molecule has 3 heteroatoms. The number of aromatic nitrogens is 1. The van der Waals surface area contributed by atoms with Crippen molar-refractivity contribution >= 4 is 5.82 Å². The van der Waals surface area contributed by atoms with Crippen LogP contribution in [0.4, 0.5) is 5.82 Å². The van der Waals surface area contributed by atoms with Gasteiger partial charge in [0.15, 0.2) is 0 Å². The lowest BCUT2D eigenvalue weighted by molar-refractivity contribution is 0.317. The van der Waals surface area contributed by atoms with Crippen LogP contribution in [0.25, 0.3) is 0 Å². The topological polar surface area (TPSA) is 48.7 Å². The molecule has 1 aromatic heterocycles. The Kier molecular flexibility index (Phi) is 3.91. The number of nitrogens with one attached hydrogen (secondary N) is 1. The maximum absolute atomic E-state index is 9.37. The van der Waals surface area contributed by atoms with Crippen molar-refractivity contribution in [2.75, 3.05) is 5.32 Å². The lowest BCUT2D eigenvalue weighted by Crippen LogP contribution is -2.32. The lowest BCUT2D eigenvalue weighted by Gasteiger charge is -2.32. The van der Waals surface area contributed by atoms with Crippen molar-refractivity contribution in [3.63, 3.8) is 0 Å². The van der Waals surface area contributed by atoms with Crippen LogP contribution in [0.1, 0.15) is 62.3 Å².